The van der Waals surface area contributed by atoms with Crippen LogP contribution in [0.2, 0.25) is 0 Å². The quantitative estimate of drug-likeness (QED) is 0.107. The van der Waals surface area contributed by atoms with E-state index in [9.17, 15) is 0 Å². The molecule has 11 aromatic carbocycles. The van der Waals surface area contributed by atoms with E-state index < -0.39 is 8.07 Å². The molecular weight excluding hydrogens is 863 g/mol. The van der Waals surface area contributed by atoms with Crippen molar-refractivity contribution < 1.29 is 0 Å². The maximum absolute atomic E-state index is 2.86. The fourth-order valence-electron chi connectivity index (χ4n) is 11.8. The van der Waals surface area contributed by atoms with E-state index in [4.69, 9.17) is 0 Å². The minimum Gasteiger partial charge on any atom is -0.309 e. The molecule has 0 saturated heterocycles. The number of benzene rings is 11. The van der Waals surface area contributed by atoms with Gasteiger partial charge in [0.2, 0.25) is 0 Å². The number of fused-ring (bicyclic) bond motifs is 9. The smallest absolute Gasteiger partial charge is 0.179 e. The standard InChI is InChI=1S/C66H45N3Si/c1-5-20-46(21-6-1)47-22-19-23-48(42-47)69-63-35-18-15-32-57(63)58-39-36-50(44-66(58)69)68-64-40-37-49(67-61-33-16-13-30-55(61)56-31-14-17-34-62(56)67)43-59(64)60-45-54(38-41-65(60)68)70(51-24-7-2-8-25-51,52-26-9-3-10-27-52)53-28-11-4-12-29-53/h1-45H. The largest absolute Gasteiger partial charge is 0.309 e. The van der Waals surface area contributed by atoms with Gasteiger partial charge in [-0.2, -0.15) is 0 Å². The highest BCUT2D eigenvalue weighted by Gasteiger charge is 2.41. The lowest BCUT2D eigenvalue weighted by molar-refractivity contribution is 1.15. The average Bonchev–Trinajstić information content (AvgIpc) is 4.07. The maximum atomic E-state index is 2.55. The summed E-state index contributed by atoms with van der Waals surface area (Å²) in [6, 6.07) is 101. The van der Waals surface area contributed by atoms with Gasteiger partial charge in [-0.15, -0.1) is 0 Å². The van der Waals surface area contributed by atoms with Gasteiger partial charge in [0.25, 0.3) is 0 Å². The first-order chi connectivity index (χ1) is 34.7. The van der Waals surface area contributed by atoms with Gasteiger partial charge in [-0.25, -0.2) is 0 Å². The topological polar surface area (TPSA) is 14.8 Å². The van der Waals surface area contributed by atoms with E-state index in [2.05, 4.69) is 287 Å². The normalized spacial score (nSPS) is 12.0. The molecule has 0 N–H and O–H groups in total. The number of nitrogens with zero attached hydrogens (tertiary/aromatic N) is 3. The van der Waals surface area contributed by atoms with Gasteiger partial charge in [-0.1, -0.05) is 206 Å². The molecule has 0 fully saturated rings. The predicted molar refractivity (Wildman–Crippen MR) is 299 cm³/mol. The number of hydrogen-bond acceptors (Lipinski definition) is 0. The summed E-state index contributed by atoms with van der Waals surface area (Å²) in [6.07, 6.45) is 0. The third kappa shape index (κ3) is 6.07. The number of rotatable bonds is 8. The van der Waals surface area contributed by atoms with Crippen LogP contribution in [0.3, 0.4) is 0 Å². The zero-order valence-corrected chi connectivity index (χ0v) is 39.3. The number of aromatic nitrogens is 3. The van der Waals surface area contributed by atoms with Gasteiger partial charge >= 0.3 is 0 Å². The van der Waals surface area contributed by atoms with Crippen molar-refractivity contribution in [1.82, 2.24) is 13.7 Å². The van der Waals surface area contributed by atoms with Crippen molar-refractivity contribution in [2.45, 2.75) is 0 Å². The van der Waals surface area contributed by atoms with Crippen molar-refractivity contribution >= 4 is 94.2 Å². The van der Waals surface area contributed by atoms with Crippen molar-refractivity contribution in [1.29, 1.82) is 0 Å². The molecule has 0 amide bonds. The van der Waals surface area contributed by atoms with Crippen LogP contribution >= 0.6 is 0 Å². The SMILES string of the molecule is c1ccc(-c2cccc(-n3c4ccccc4c4ccc(-n5c6ccc(-n7c8ccccc8c8ccccc87)cc6c6cc([Si](c7ccccc7)(c7ccccc7)c7ccccc7)ccc65)cc43)c2)cc1. The molecule has 14 rings (SSSR count). The van der Waals surface area contributed by atoms with Gasteiger partial charge in [0.15, 0.2) is 8.07 Å². The van der Waals surface area contributed by atoms with Gasteiger partial charge in [-0.3, -0.25) is 0 Å². The van der Waals surface area contributed by atoms with Crippen LogP contribution < -0.4 is 20.7 Å². The second-order valence-electron chi connectivity index (χ2n) is 18.5. The van der Waals surface area contributed by atoms with Crippen molar-refractivity contribution in [3.8, 4) is 28.2 Å². The Hall–Kier alpha value is -8.96. The molecule has 14 aromatic rings. The average molecular weight is 908 g/mol. The second kappa shape index (κ2) is 16.1. The molecule has 4 heteroatoms. The van der Waals surface area contributed by atoms with Crippen molar-refractivity contribution in [2.75, 3.05) is 0 Å². The highest BCUT2D eigenvalue weighted by Crippen LogP contribution is 2.40. The minimum absolute atomic E-state index is 1.12. The third-order valence-corrected chi connectivity index (χ3v) is 19.5. The van der Waals surface area contributed by atoms with E-state index in [0.29, 0.717) is 0 Å². The Labute approximate surface area is 407 Å². The van der Waals surface area contributed by atoms with Gasteiger partial charge < -0.3 is 13.7 Å². The van der Waals surface area contributed by atoms with Crippen LogP contribution in [0.4, 0.5) is 0 Å². The first kappa shape index (κ1) is 40.1. The predicted octanol–water partition coefficient (Wildman–Crippen LogP) is 14.0. The molecule has 0 spiro atoms. The Morgan fingerprint density at radius 3 is 1.14 bits per heavy atom. The van der Waals surface area contributed by atoms with Crippen LogP contribution in [0.25, 0.3) is 93.6 Å². The first-order valence-electron chi connectivity index (χ1n) is 24.2. The number of para-hydroxylation sites is 3. The van der Waals surface area contributed by atoms with Gasteiger partial charge in [0.05, 0.1) is 33.1 Å². The summed E-state index contributed by atoms with van der Waals surface area (Å²) in [5.41, 5.74) is 12.9. The molecule has 0 aliphatic heterocycles. The summed E-state index contributed by atoms with van der Waals surface area (Å²) < 4.78 is 7.40. The van der Waals surface area contributed by atoms with Crippen LogP contribution in [0.5, 0.6) is 0 Å². The van der Waals surface area contributed by atoms with Crippen LogP contribution in [-0.4, -0.2) is 21.8 Å². The van der Waals surface area contributed by atoms with Crippen molar-refractivity contribution in [3.05, 3.63) is 273 Å². The second-order valence-corrected chi connectivity index (χ2v) is 22.3. The lowest BCUT2D eigenvalue weighted by Gasteiger charge is -2.34. The van der Waals surface area contributed by atoms with Gasteiger partial charge in [0, 0.05) is 49.4 Å². The zero-order valence-electron chi connectivity index (χ0n) is 38.3. The van der Waals surface area contributed by atoms with Crippen LogP contribution in [-0.2, 0) is 0 Å². The molecule has 70 heavy (non-hydrogen) atoms. The lowest BCUT2D eigenvalue weighted by atomic mass is 10.1. The Balaban J connectivity index is 1.07. The van der Waals surface area contributed by atoms with Gasteiger partial charge in [-0.05, 0) is 98.6 Å². The van der Waals surface area contributed by atoms with Crippen LogP contribution in [0.15, 0.2) is 273 Å². The Morgan fingerprint density at radius 2 is 0.586 bits per heavy atom. The van der Waals surface area contributed by atoms with Gasteiger partial charge in [0.1, 0.15) is 0 Å². The van der Waals surface area contributed by atoms with Crippen LogP contribution in [0, 0.1) is 0 Å². The van der Waals surface area contributed by atoms with E-state index in [1.807, 2.05) is 0 Å². The summed E-state index contributed by atoms with van der Waals surface area (Å²) >= 11 is 0. The summed E-state index contributed by atoms with van der Waals surface area (Å²) in [5, 5.41) is 12.8. The maximum Gasteiger partial charge on any atom is 0.179 e. The van der Waals surface area contributed by atoms with Crippen LogP contribution in [0.1, 0.15) is 0 Å². The monoisotopic (exact) mass is 907 g/mol. The molecular formula is C66H45N3Si. The molecule has 0 atom stereocenters. The molecule has 0 bridgehead atoms. The Bertz CT molecular complexity index is 4130. The number of hydrogen-bond donors (Lipinski definition) is 0. The highest BCUT2D eigenvalue weighted by molar-refractivity contribution is 7.20. The van der Waals surface area contributed by atoms with E-state index in [-0.39, 0.29) is 0 Å². The Morgan fingerprint density at radius 1 is 0.200 bits per heavy atom. The van der Waals surface area contributed by atoms with E-state index in [1.165, 1.54) is 91.8 Å². The van der Waals surface area contributed by atoms with E-state index in [0.717, 1.165) is 22.6 Å². The fraction of sp³-hybridized carbons (Fsp3) is 0. The van der Waals surface area contributed by atoms with E-state index >= 15 is 0 Å². The molecule has 0 unspecified atom stereocenters. The molecule has 3 heterocycles. The minimum atomic E-state index is -2.86. The highest BCUT2D eigenvalue weighted by atomic mass is 28.3. The molecule has 0 saturated carbocycles. The zero-order chi connectivity index (χ0) is 46.2. The summed E-state index contributed by atoms with van der Waals surface area (Å²) in [4.78, 5) is 0. The molecule has 0 radical (unpaired) electrons. The van der Waals surface area contributed by atoms with Crippen molar-refractivity contribution in [3.63, 3.8) is 0 Å². The molecule has 328 valence electrons. The first-order valence-corrected chi connectivity index (χ1v) is 26.2. The van der Waals surface area contributed by atoms with Crippen molar-refractivity contribution in [2.24, 2.45) is 0 Å². The molecule has 0 aliphatic carbocycles. The fourth-order valence-corrected chi connectivity index (χ4v) is 16.5. The van der Waals surface area contributed by atoms with E-state index in [1.54, 1.807) is 0 Å². The molecule has 3 aromatic heterocycles. The Kier molecular flexibility index (Phi) is 9.23. The molecule has 0 aliphatic rings. The third-order valence-electron chi connectivity index (χ3n) is 14.8. The summed E-state index contributed by atoms with van der Waals surface area (Å²) in [5.74, 6) is 0. The summed E-state index contributed by atoms with van der Waals surface area (Å²) in [7, 11) is -2.86. The lowest BCUT2D eigenvalue weighted by Crippen LogP contribution is -2.74. The summed E-state index contributed by atoms with van der Waals surface area (Å²) in [6.45, 7) is 0. The molecule has 3 nitrogen and oxygen atoms in total.